The maximum atomic E-state index is 11.9. The van der Waals surface area contributed by atoms with Crippen LogP contribution < -0.4 is 10.6 Å². The Morgan fingerprint density at radius 1 is 1.33 bits per heavy atom. The highest BCUT2D eigenvalue weighted by atomic mass is 32.1. The number of aromatic nitrogens is 1. The SMILES string of the molecule is CNc1ccc(C(=O)NCc2nc(C)cs2)cc1. The molecule has 0 saturated heterocycles. The zero-order valence-corrected chi connectivity index (χ0v) is 11.2. The van der Waals surface area contributed by atoms with Crippen LogP contribution in [0, 0.1) is 6.92 Å². The summed E-state index contributed by atoms with van der Waals surface area (Å²) >= 11 is 1.56. The lowest BCUT2D eigenvalue weighted by molar-refractivity contribution is 0.0951. The van der Waals surface area contributed by atoms with Gasteiger partial charge in [-0.3, -0.25) is 4.79 Å². The van der Waals surface area contributed by atoms with E-state index in [1.807, 2.05) is 31.5 Å². The smallest absolute Gasteiger partial charge is 0.251 e. The first-order valence-corrected chi connectivity index (χ1v) is 6.54. The van der Waals surface area contributed by atoms with E-state index in [0.29, 0.717) is 12.1 Å². The molecule has 2 N–H and O–H groups in total. The zero-order valence-electron chi connectivity index (χ0n) is 10.4. The molecule has 1 aromatic heterocycles. The molecule has 4 nitrogen and oxygen atoms in total. The number of amides is 1. The van der Waals surface area contributed by atoms with Crippen LogP contribution in [0.25, 0.3) is 0 Å². The van der Waals surface area contributed by atoms with Crippen molar-refractivity contribution in [2.24, 2.45) is 0 Å². The number of carbonyl (C=O) groups excluding carboxylic acids is 1. The van der Waals surface area contributed by atoms with E-state index < -0.39 is 0 Å². The summed E-state index contributed by atoms with van der Waals surface area (Å²) in [6, 6.07) is 7.35. The van der Waals surface area contributed by atoms with Crippen LogP contribution in [-0.4, -0.2) is 17.9 Å². The molecule has 0 radical (unpaired) electrons. The summed E-state index contributed by atoms with van der Waals surface area (Å²) in [4.78, 5) is 16.2. The molecule has 18 heavy (non-hydrogen) atoms. The number of hydrogen-bond acceptors (Lipinski definition) is 4. The summed E-state index contributed by atoms with van der Waals surface area (Å²) in [6.07, 6.45) is 0. The highest BCUT2D eigenvalue weighted by Gasteiger charge is 2.06. The van der Waals surface area contributed by atoms with Crippen LogP contribution in [0.3, 0.4) is 0 Å². The average Bonchev–Trinajstić information content (AvgIpc) is 2.82. The maximum absolute atomic E-state index is 11.9. The molecule has 0 atom stereocenters. The molecular formula is C13H15N3OS. The summed E-state index contributed by atoms with van der Waals surface area (Å²) in [5.41, 5.74) is 2.63. The highest BCUT2D eigenvalue weighted by Crippen LogP contribution is 2.10. The number of carbonyl (C=O) groups is 1. The van der Waals surface area contributed by atoms with Crippen molar-refractivity contribution in [3.63, 3.8) is 0 Å². The summed E-state index contributed by atoms with van der Waals surface area (Å²) in [5, 5.41) is 8.77. The van der Waals surface area contributed by atoms with Gasteiger partial charge in [0.25, 0.3) is 5.91 Å². The molecular weight excluding hydrogens is 246 g/mol. The van der Waals surface area contributed by atoms with E-state index >= 15 is 0 Å². The third kappa shape index (κ3) is 3.07. The number of hydrogen-bond donors (Lipinski definition) is 2. The highest BCUT2D eigenvalue weighted by molar-refractivity contribution is 7.09. The zero-order chi connectivity index (χ0) is 13.0. The number of anilines is 1. The Balaban J connectivity index is 1.94. The van der Waals surface area contributed by atoms with Crippen molar-refractivity contribution in [1.82, 2.24) is 10.3 Å². The number of aryl methyl sites for hydroxylation is 1. The van der Waals surface area contributed by atoms with Gasteiger partial charge in [0.2, 0.25) is 0 Å². The number of nitrogens with one attached hydrogen (secondary N) is 2. The van der Waals surface area contributed by atoms with Gasteiger partial charge < -0.3 is 10.6 Å². The third-order valence-corrected chi connectivity index (χ3v) is 3.47. The molecule has 1 aromatic carbocycles. The van der Waals surface area contributed by atoms with Crippen LogP contribution in [0.4, 0.5) is 5.69 Å². The van der Waals surface area contributed by atoms with Crippen LogP contribution in [0.2, 0.25) is 0 Å². The van der Waals surface area contributed by atoms with Gasteiger partial charge >= 0.3 is 0 Å². The van der Waals surface area contributed by atoms with Gasteiger partial charge in [-0.2, -0.15) is 0 Å². The number of benzene rings is 1. The van der Waals surface area contributed by atoms with Gasteiger partial charge in [0.15, 0.2) is 0 Å². The van der Waals surface area contributed by atoms with Gasteiger partial charge in [-0.05, 0) is 31.2 Å². The third-order valence-electron chi connectivity index (χ3n) is 2.50. The standard InChI is InChI=1S/C13H15N3OS/c1-9-8-18-12(16-9)7-15-13(17)10-3-5-11(14-2)6-4-10/h3-6,8,14H,7H2,1-2H3,(H,15,17). The number of thiazole rings is 1. The van der Waals surface area contributed by atoms with Crippen molar-refractivity contribution in [2.75, 3.05) is 12.4 Å². The Morgan fingerprint density at radius 3 is 2.61 bits per heavy atom. The molecule has 0 aliphatic heterocycles. The molecule has 0 spiro atoms. The van der Waals surface area contributed by atoms with Crippen LogP contribution >= 0.6 is 11.3 Å². The van der Waals surface area contributed by atoms with Gasteiger partial charge in [0.05, 0.1) is 6.54 Å². The fraction of sp³-hybridized carbons (Fsp3) is 0.231. The maximum Gasteiger partial charge on any atom is 0.251 e. The van der Waals surface area contributed by atoms with E-state index in [0.717, 1.165) is 16.4 Å². The molecule has 1 amide bonds. The molecule has 5 heteroatoms. The van der Waals surface area contributed by atoms with Crippen molar-refractivity contribution in [3.05, 3.63) is 45.9 Å². The van der Waals surface area contributed by atoms with Gasteiger partial charge in [-0.15, -0.1) is 11.3 Å². The second-order valence-corrected chi connectivity index (χ2v) is 4.84. The summed E-state index contributed by atoms with van der Waals surface area (Å²) < 4.78 is 0. The Bertz CT molecular complexity index is 533. The monoisotopic (exact) mass is 261 g/mol. The largest absolute Gasteiger partial charge is 0.388 e. The van der Waals surface area contributed by atoms with Crippen LogP contribution in [0.5, 0.6) is 0 Å². The van der Waals surface area contributed by atoms with Gasteiger partial charge in [-0.1, -0.05) is 0 Å². The molecule has 0 aliphatic carbocycles. The molecule has 0 unspecified atom stereocenters. The number of nitrogens with zero attached hydrogens (tertiary/aromatic N) is 1. The van der Waals surface area contributed by atoms with E-state index in [1.54, 1.807) is 23.5 Å². The Hall–Kier alpha value is -1.88. The molecule has 2 rings (SSSR count). The summed E-state index contributed by atoms with van der Waals surface area (Å²) in [6.45, 7) is 2.42. The van der Waals surface area contributed by atoms with Crippen molar-refractivity contribution >= 4 is 22.9 Å². The fourth-order valence-electron chi connectivity index (χ4n) is 1.53. The second kappa shape index (κ2) is 5.64. The van der Waals surface area contributed by atoms with E-state index in [-0.39, 0.29) is 5.91 Å². The summed E-state index contributed by atoms with van der Waals surface area (Å²) in [5.74, 6) is -0.0782. The quantitative estimate of drug-likeness (QED) is 0.888. The van der Waals surface area contributed by atoms with Crippen molar-refractivity contribution in [3.8, 4) is 0 Å². The fourth-order valence-corrected chi connectivity index (χ4v) is 2.24. The molecule has 0 bridgehead atoms. The van der Waals surface area contributed by atoms with Gasteiger partial charge in [0.1, 0.15) is 5.01 Å². The van der Waals surface area contributed by atoms with Crippen molar-refractivity contribution in [2.45, 2.75) is 13.5 Å². The minimum atomic E-state index is -0.0782. The topological polar surface area (TPSA) is 54.0 Å². The molecule has 2 aromatic rings. The Kier molecular flexibility index (Phi) is 3.94. The van der Waals surface area contributed by atoms with E-state index in [4.69, 9.17) is 0 Å². The van der Waals surface area contributed by atoms with E-state index in [2.05, 4.69) is 15.6 Å². The van der Waals surface area contributed by atoms with Crippen LogP contribution in [0.15, 0.2) is 29.6 Å². The lowest BCUT2D eigenvalue weighted by atomic mass is 10.2. The second-order valence-electron chi connectivity index (χ2n) is 3.89. The van der Waals surface area contributed by atoms with Crippen LogP contribution in [-0.2, 0) is 6.54 Å². The Labute approximate surface area is 110 Å². The first-order valence-electron chi connectivity index (χ1n) is 5.66. The molecule has 0 saturated carbocycles. The molecule has 94 valence electrons. The Morgan fingerprint density at radius 2 is 2.06 bits per heavy atom. The first kappa shape index (κ1) is 12.6. The predicted octanol–water partition coefficient (Wildman–Crippen LogP) is 2.42. The minimum absolute atomic E-state index is 0.0782. The number of rotatable bonds is 4. The minimum Gasteiger partial charge on any atom is -0.388 e. The van der Waals surface area contributed by atoms with Gasteiger partial charge in [-0.25, -0.2) is 4.98 Å². The van der Waals surface area contributed by atoms with Crippen molar-refractivity contribution in [1.29, 1.82) is 0 Å². The summed E-state index contributed by atoms with van der Waals surface area (Å²) in [7, 11) is 1.85. The van der Waals surface area contributed by atoms with Gasteiger partial charge in [0, 0.05) is 29.4 Å². The molecule has 0 aliphatic rings. The van der Waals surface area contributed by atoms with Crippen molar-refractivity contribution < 1.29 is 4.79 Å². The molecule has 0 fully saturated rings. The van der Waals surface area contributed by atoms with E-state index in [1.165, 1.54) is 0 Å². The predicted molar refractivity (Wildman–Crippen MR) is 74.0 cm³/mol. The first-order chi connectivity index (χ1) is 8.69. The van der Waals surface area contributed by atoms with E-state index in [9.17, 15) is 4.79 Å². The average molecular weight is 261 g/mol. The molecule has 1 heterocycles. The lowest BCUT2D eigenvalue weighted by Crippen LogP contribution is -2.22. The lowest BCUT2D eigenvalue weighted by Gasteiger charge is -2.04. The van der Waals surface area contributed by atoms with Crippen LogP contribution in [0.1, 0.15) is 21.1 Å². The normalized spacial score (nSPS) is 10.1.